The van der Waals surface area contributed by atoms with Crippen LogP contribution in [0.25, 0.3) is 16.9 Å². The van der Waals surface area contributed by atoms with Crippen LogP contribution in [-0.2, 0) is 13.0 Å². The number of fused-ring (bicyclic) bond motifs is 2. The Balaban J connectivity index is 1.57. The number of hydrogen-bond acceptors (Lipinski definition) is 6. The van der Waals surface area contributed by atoms with Crippen LogP contribution in [0.2, 0.25) is 0 Å². The number of benzene rings is 2. The SMILES string of the molecule is NC(=O)c1cccc2c1cnn2-c1nc(NCc2ccccc2)c2c(n1)OCC2. The molecule has 2 aromatic carbocycles. The second-order valence-corrected chi connectivity index (χ2v) is 6.75. The Hall–Kier alpha value is -3.94. The third-order valence-electron chi connectivity index (χ3n) is 4.92. The molecule has 0 bridgehead atoms. The maximum absolute atomic E-state index is 11.7. The van der Waals surface area contributed by atoms with Crippen LogP contribution in [0.5, 0.6) is 5.88 Å². The summed E-state index contributed by atoms with van der Waals surface area (Å²) in [6.07, 6.45) is 2.35. The van der Waals surface area contributed by atoms with Gasteiger partial charge in [-0.1, -0.05) is 36.4 Å². The lowest BCUT2D eigenvalue weighted by molar-refractivity contribution is 0.100. The first-order valence-corrected chi connectivity index (χ1v) is 9.29. The normalized spacial score (nSPS) is 12.6. The van der Waals surface area contributed by atoms with E-state index in [1.165, 1.54) is 0 Å². The number of ether oxygens (including phenoxy) is 1. The van der Waals surface area contributed by atoms with E-state index in [-0.39, 0.29) is 0 Å². The summed E-state index contributed by atoms with van der Waals surface area (Å²) in [6, 6.07) is 15.4. The first-order chi connectivity index (χ1) is 14.2. The number of aromatic nitrogens is 4. The molecule has 2 aromatic heterocycles. The van der Waals surface area contributed by atoms with Gasteiger partial charge in [-0.3, -0.25) is 4.79 Å². The summed E-state index contributed by atoms with van der Waals surface area (Å²) in [7, 11) is 0. The quantitative estimate of drug-likeness (QED) is 0.545. The summed E-state index contributed by atoms with van der Waals surface area (Å²) < 4.78 is 7.29. The zero-order valence-electron chi connectivity index (χ0n) is 15.5. The van der Waals surface area contributed by atoms with Gasteiger partial charge in [0.05, 0.1) is 29.4 Å². The van der Waals surface area contributed by atoms with Crippen LogP contribution < -0.4 is 15.8 Å². The van der Waals surface area contributed by atoms with Crippen LogP contribution in [0.15, 0.2) is 54.7 Å². The molecule has 1 aliphatic heterocycles. The monoisotopic (exact) mass is 386 g/mol. The second-order valence-electron chi connectivity index (χ2n) is 6.75. The molecule has 29 heavy (non-hydrogen) atoms. The molecule has 5 rings (SSSR count). The Morgan fingerprint density at radius 1 is 1.14 bits per heavy atom. The summed E-state index contributed by atoms with van der Waals surface area (Å²) in [5.41, 5.74) is 8.70. The van der Waals surface area contributed by atoms with E-state index >= 15 is 0 Å². The van der Waals surface area contributed by atoms with E-state index in [1.807, 2.05) is 24.3 Å². The van der Waals surface area contributed by atoms with Crippen molar-refractivity contribution in [2.45, 2.75) is 13.0 Å². The predicted molar refractivity (Wildman–Crippen MR) is 108 cm³/mol. The van der Waals surface area contributed by atoms with Crippen molar-refractivity contribution in [1.82, 2.24) is 19.7 Å². The van der Waals surface area contributed by atoms with Gasteiger partial charge >= 0.3 is 0 Å². The highest BCUT2D eigenvalue weighted by Crippen LogP contribution is 2.31. The lowest BCUT2D eigenvalue weighted by atomic mass is 10.1. The fourth-order valence-electron chi connectivity index (χ4n) is 3.49. The van der Waals surface area contributed by atoms with Gasteiger partial charge in [-0.25, -0.2) is 0 Å². The standard InChI is InChI=1S/C21H18N6O2/c22-18(28)14-7-4-8-17-16(14)12-24-27(17)21-25-19(15-9-10-29-20(15)26-21)23-11-13-5-2-1-3-6-13/h1-8,12H,9-11H2,(H2,22,28)(H,23,25,26). The van der Waals surface area contributed by atoms with Gasteiger partial charge in [0.15, 0.2) is 0 Å². The van der Waals surface area contributed by atoms with Gasteiger partial charge < -0.3 is 15.8 Å². The molecule has 0 spiro atoms. The van der Waals surface area contributed by atoms with Gasteiger partial charge in [0.25, 0.3) is 5.95 Å². The topological polar surface area (TPSA) is 108 Å². The first kappa shape index (κ1) is 17.2. The number of hydrogen-bond donors (Lipinski definition) is 2. The van der Waals surface area contributed by atoms with Gasteiger partial charge in [0.2, 0.25) is 11.8 Å². The number of carbonyl (C=O) groups is 1. The molecule has 3 heterocycles. The van der Waals surface area contributed by atoms with Crippen molar-refractivity contribution in [3.05, 3.63) is 71.4 Å². The third kappa shape index (κ3) is 3.04. The smallest absolute Gasteiger partial charge is 0.256 e. The van der Waals surface area contributed by atoms with Crippen molar-refractivity contribution in [2.75, 3.05) is 11.9 Å². The third-order valence-corrected chi connectivity index (χ3v) is 4.92. The number of nitrogens with zero attached hydrogens (tertiary/aromatic N) is 4. The van der Waals surface area contributed by atoms with E-state index in [1.54, 1.807) is 23.0 Å². The van der Waals surface area contributed by atoms with Gasteiger partial charge in [-0.2, -0.15) is 19.7 Å². The molecule has 0 aliphatic carbocycles. The van der Waals surface area contributed by atoms with Crippen LogP contribution >= 0.6 is 0 Å². The summed E-state index contributed by atoms with van der Waals surface area (Å²) >= 11 is 0. The largest absolute Gasteiger partial charge is 0.477 e. The summed E-state index contributed by atoms with van der Waals surface area (Å²) in [4.78, 5) is 21.0. The number of nitrogens with one attached hydrogen (secondary N) is 1. The van der Waals surface area contributed by atoms with E-state index in [9.17, 15) is 4.79 Å². The molecule has 8 heteroatoms. The zero-order chi connectivity index (χ0) is 19.8. The Bertz CT molecular complexity index is 1220. The molecule has 0 radical (unpaired) electrons. The van der Waals surface area contributed by atoms with E-state index in [2.05, 4.69) is 27.5 Å². The zero-order valence-corrected chi connectivity index (χ0v) is 15.5. The van der Waals surface area contributed by atoms with Crippen molar-refractivity contribution in [2.24, 2.45) is 5.73 Å². The van der Waals surface area contributed by atoms with Gasteiger partial charge in [0.1, 0.15) is 5.82 Å². The highest BCUT2D eigenvalue weighted by molar-refractivity contribution is 6.05. The molecule has 1 aliphatic rings. The van der Waals surface area contributed by atoms with Crippen LogP contribution in [0.3, 0.4) is 0 Å². The molecule has 8 nitrogen and oxygen atoms in total. The summed E-state index contributed by atoms with van der Waals surface area (Å²) in [5, 5.41) is 8.45. The van der Waals surface area contributed by atoms with Crippen molar-refractivity contribution in [3.63, 3.8) is 0 Å². The molecule has 0 saturated heterocycles. The predicted octanol–water partition coefficient (Wildman–Crippen LogP) is 2.46. The van der Waals surface area contributed by atoms with Gasteiger partial charge in [-0.15, -0.1) is 0 Å². The first-order valence-electron chi connectivity index (χ1n) is 9.29. The minimum atomic E-state index is -0.501. The molecule has 4 aromatic rings. The Kier molecular flexibility index (Phi) is 4.09. The number of primary amides is 1. The number of nitrogens with two attached hydrogens (primary N) is 1. The molecule has 0 unspecified atom stereocenters. The molecule has 0 atom stereocenters. The summed E-state index contributed by atoms with van der Waals surface area (Å²) in [5.74, 6) is 1.15. The molecule has 3 N–H and O–H groups in total. The van der Waals surface area contributed by atoms with Gasteiger partial charge in [-0.05, 0) is 17.7 Å². The molecule has 0 saturated carbocycles. The van der Waals surface area contributed by atoms with Crippen molar-refractivity contribution >= 4 is 22.6 Å². The van der Waals surface area contributed by atoms with E-state index < -0.39 is 5.91 Å². The highest BCUT2D eigenvalue weighted by atomic mass is 16.5. The Morgan fingerprint density at radius 2 is 2.00 bits per heavy atom. The van der Waals surface area contributed by atoms with Crippen LogP contribution in [0, 0.1) is 0 Å². The fourth-order valence-corrected chi connectivity index (χ4v) is 3.49. The van der Waals surface area contributed by atoms with Crippen molar-refractivity contribution in [1.29, 1.82) is 0 Å². The molecule has 1 amide bonds. The lowest BCUT2D eigenvalue weighted by Gasteiger charge is -2.11. The van der Waals surface area contributed by atoms with Crippen LogP contribution in [0.4, 0.5) is 5.82 Å². The maximum atomic E-state index is 11.7. The minimum absolute atomic E-state index is 0.373. The van der Waals surface area contributed by atoms with Crippen molar-refractivity contribution < 1.29 is 9.53 Å². The Morgan fingerprint density at radius 3 is 2.83 bits per heavy atom. The lowest BCUT2D eigenvalue weighted by Crippen LogP contribution is -2.11. The average molecular weight is 386 g/mol. The molecular formula is C21H18N6O2. The number of amides is 1. The highest BCUT2D eigenvalue weighted by Gasteiger charge is 2.23. The van der Waals surface area contributed by atoms with E-state index in [4.69, 9.17) is 15.5 Å². The number of carbonyl (C=O) groups excluding carboxylic acids is 1. The molecular weight excluding hydrogens is 368 g/mol. The second kappa shape index (κ2) is 6.90. The number of anilines is 1. The van der Waals surface area contributed by atoms with E-state index in [0.717, 1.165) is 23.4 Å². The molecule has 0 fully saturated rings. The minimum Gasteiger partial charge on any atom is -0.477 e. The Labute approximate surface area is 166 Å². The van der Waals surface area contributed by atoms with Gasteiger partial charge in [0, 0.05) is 18.4 Å². The average Bonchev–Trinajstić information content (AvgIpc) is 3.39. The fraction of sp³-hybridized carbons (Fsp3) is 0.143. The molecule has 144 valence electrons. The van der Waals surface area contributed by atoms with Crippen LogP contribution in [-0.4, -0.2) is 32.3 Å². The van der Waals surface area contributed by atoms with Crippen LogP contribution in [0.1, 0.15) is 21.5 Å². The van der Waals surface area contributed by atoms with Crippen molar-refractivity contribution in [3.8, 4) is 11.8 Å². The summed E-state index contributed by atoms with van der Waals surface area (Å²) in [6.45, 7) is 1.20. The maximum Gasteiger partial charge on any atom is 0.256 e. The number of rotatable bonds is 5. The van der Waals surface area contributed by atoms with E-state index in [0.29, 0.717) is 41.4 Å².